The van der Waals surface area contributed by atoms with Crippen molar-refractivity contribution in [2.24, 2.45) is 0 Å². The zero-order valence-corrected chi connectivity index (χ0v) is 10.9. The Morgan fingerprint density at radius 3 is 2.35 bits per heavy atom. The number of benzene rings is 1. The normalized spacial score (nSPS) is 18.6. The molecule has 1 aliphatic rings. The van der Waals surface area contributed by atoms with Gasteiger partial charge >= 0.3 is 0 Å². The summed E-state index contributed by atoms with van der Waals surface area (Å²) in [5.74, 6) is 0.170. The van der Waals surface area contributed by atoms with Gasteiger partial charge in [0.1, 0.15) is 5.75 Å². The van der Waals surface area contributed by atoms with Gasteiger partial charge < -0.3 is 5.11 Å². The van der Waals surface area contributed by atoms with Gasteiger partial charge in [-0.15, -0.1) is 0 Å². The number of hydrogen-bond acceptors (Lipinski definition) is 2. The predicted molar refractivity (Wildman–Crippen MR) is 71.5 cm³/mol. The van der Waals surface area contributed by atoms with Gasteiger partial charge in [0.25, 0.3) is 0 Å². The topological polar surface area (TPSA) is 23.5 Å². The number of rotatable bonds is 2. The highest BCUT2D eigenvalue weighted by Gasteiger charge is 2.09. The summed E-state index contributed by atoms with van der Waals surface area (Å²) in [6.45, 7) is 3.30. The van der Waals surface area contributed by atoms with E-state index in [1.165, 1.54) is 50.8 Å². The van der Waals surface area contributed by atoms with Crippen LogP contribution in [0.2, 0.25) is 5.02 Å². The second kappa shape index (κ2) is 6.27. The molecule has 0 amide bonds. The lowest BCUT2D eigenvalue weighted by Gasteiger charge is -2.24. The maximum atomic E-state index is 9.39. The Balaban J connectivity index is 1.95. The summed E-state index contributed by atoms with van der Waals surface area (Å²) in [5, 5.41) is 9.84. The highest BCUT2D eigenvalue weighted by molar-refractivity contribution is 6.32. The molecule has 1 heterocycles. The van der Waals surface area contributed by atoms with Crippen LogP contribution in [0.3, 0.4) is 0 Å². The first-order chi connectivity index (χ1) is 8.25. The van der Waals surface area contributed by atoms with Crippen molar-refractivity contribution in [1.29, 1.82) is 0 Å². The van der Waals surface area contributed by atoms with Gasteiger partial charge in [-0.25, -0.2) is 0 Å². The van der Waals surface area contributed by atoms with E-state index in [0.29, 0.717) is 5.02 Å². The fourth-order valence-electron chi connectivity index (χ4n) is 2.38. The first-order valence-electron chi connectivity index (χ1n) is 6.45. The lowest BCUT2D eigenvalue weighted by molar-refractivity contribution is 0.240. The van der Waals surface area contributed by atoms with Crippen molar-refractivity contribution in [2.75, 3.05) is 13.1 Å². The Bertz CT molecular complexity index is 359. The van der Waals surface area contributed by atoms with Gasteiger partial charge in [0.15, 0.2) is 0 Å². The number of phenols is 1. The van der Waals surface area contributed by atoms with Crippen LogP contribution in [0.5, 0.6) is 5.75 Å². The molecule has 0 saturated carbocycles. The van der Waals surface area contributed by atoms with Crippen LogP contribution >= 0.6 is 11.6 Å². The van der Waals surface area contributed by atoms with Crippen LogP contribution in [0.25, 0.3) is 0 Å². The van der Waals surface area contributed by atoms with E-state index in [4.69, 9.17) is 11.6 Å². The third-order valence-corrected chi connectivity index (χ3v) is 3.67. The molecule has 2 nitrogen and oxygen atoms in total. The van der Waals surface area contributed by atoms with E-state index in [2.05, 4.69) is 4.90 Å². The summed E-state index contributed by atoms with van der Waals surface area (Å²) in [5.41, 5.74) is 1.19. The summed E-state index contributed by atoms with van der Waals surface area (Å²) in [6.07, 6.45) is 6.69. The van der Waals surface area contributed by atoms with E-state index in [9.17, 15) is 5.11 Å². The van der Waals surface area contributed by atoms with Crippen LogP contribution in [-0.4, -0.2) is 23.1 Å². The monoisotopic (exact) mass is 253 g/mol. The SMILES string of the molecule is Oc1ccc(CN2CCCCCCC2)cc1Cl. The van der Waals surface area contributed by atoms with Crippen molar-refractivity contribution in [3.8, 4) is 5.75 Å². The van der Waals surface area contributed by atoms with Crippen molar-refractivity contribution in [3.05, 3.63) is 28.8 Å². The standard InChI is InChI=1S/C14H20ClNO/c15-13-10-12(6-7-14(13)17)11-16-8-4-2-1-3-5-9-16/h6-7,10,17H,1-5,8-9,11H2. The smallest absolute Gasteiger partial charge is 0.134 e. The molecule has 94 valence electrons. The number of aromatic hydroxyl groups is 1. The number of hydrogen-bond donors (Lipinski definition) is 1. The van der Waals surface area contributed by atoms with Gasteiger partial charge in [-0.2, -0.15) is 0 Å². The molecule has 3 heteroatoms. The third kappa shape index (κ3) is 3.90. The largest absolute Gasteiger partial charge is 0.506 e. The van der Waals surface area contributed by atoms with Gasteiger partial charge in [0, 0.05) is 6.54 Å². The molecule has 0 aliphatic carbocycles. The Morgan fingerprint density at radius 2 is 1.71 bits per heavy atom. The molecule has 0 atom stereocenters. The first kappa shape index (κ1) is 12.7. The van der Waals surface area contributed by atoms with E-state index in [1.807, 2.05) is 12.1 Å². The lowest BCUT2D eigenvalue weighted by Crippen LogP contribution is -2.26. The van der Waals surface area contributed by atoms with Gasteiger partial charge in [-0.1, -0.05) is 36.9 Å². The van der Waals surface area contributed by atoms with Gasteiger partial charge in [-0.3, -0.25) is 4.90 Å². The minimum absolute atomic E-state index is 0.170. The van der Waals surface area contributed by atoms with E-state index in [0.717, 1.165) is 6.54 Å². The average Bonchev–Trinajstić information content (AvgIpc) is 2.27. The van der Waals surface area contributed by atoms with Crippen molar-refractivity contribution in [3.63, 3.8) is 0 Å². The highest BCUT2D eigenvalue weighted by Crippen LogP contribution is 2.24. The molecule has 0 unspecified atom stereocenters. The molecule has 2 rings (SSSR count). The van der Waals surface area contributed by atoms with Crippen LogP contribution in [0.4, 0.5) is 0 Å². The fourth-order valence-corrected chi connectivity index (χ4v) is 2.58. The molecule has 1 fully saturated rings. The average molecular weight is 254 g/mol. The number of nitrogens with zero attached hydrogens (tertiary/aromatic N) is 1. The second-order valence-electron chi connectivity index (χ2n) is 4.83. The van der Waals surface area contributed by atoms with E-state index < -0.39 is 0 Å². The number of likely N-dealkylation sites (tertiary alicyclic amines) is 1. The van der Waals surface area contributed by atoms with E-state index in [-0.39, 0.29) is 5.75 Å². The molecule has 0 spiro atoms. The maximum Gasteiger partial charge on any atom is 0.134 e. The molecule has 1 aliphatic heterocycles. The first-order valence-corrected chi connectivity index (χ1v) is 6.83. The van der Waals surface area contributed by atoms with Crippen molar-refractivity contribution >= 4 is 11.6 Å². The summed E-state index contributed by atoms with van der Waals surface area (Å²) < 4.78 is 0. The Morgan fingerprint density at radius 1 is 1.06 bits per heavy atom. The third-order valence-electron chi connectivity index (χ3n) is 3.37. The molecule has 0 aromatic heterocycles. The second-order valence-corrected chi connectivity index (χ2v) is 5.24. The molecule has 1 aromatic carbocycles. The van der Waals surface area contributed by atoms with Crippen LogP contribution in [0.1, 0.15) is 37.7 Å². The number of phenolic OH excluding ortho intramolecular Hbond substituents is 1. The van der Waals surface area contributed by atoms with Crippen LogP contribution in [-0.2, 0) is 6.54 Å². The quantitative estimate of drug-likeness (QED) is 0.866. The maximum absolute atomic E-state index is 9.39. The predicted octanol–water partition coefficient (Wildman–Crippen LogP) is 3.81. The summed E-state index contributed by atoms with van der Waals surface area (Å²) in [4.78, 5) is 2.49. The lowest BCUT2D eigenvalue weighted by atomic mass is 10.1. The van der Waals surface area contributed by atoms with E-state index in [1.54, 1.807) is 6.07 Å². The van der Waals surface area contributed by atoms with Gasteiger partial charge in [0.05, 0.1) is 5.02 Å². The Labute approximate surface area is 108 Å². The van der Waals surface area contributed by atoms with Crippen LogP contribution in [0.15, 0.2) is 18.2 Å². The number of halogens is 1. The van der Waals surface area contributed by atoms with Crippen molar-refractivity contribution < 1.29 is 5.11 Å². The minimum Gasteiger partial charge on any atom is -0.506 e. The molecule has 0 bridgehead atoms. The molecule has 1 aromatic rings. The molecular formula is C14H20ClNO. The molecule has 1 N–H and O–H groups in total. The highest BCUT2D eigenvalue weighted by atomic mass is 35.5. The van der Waals surface area contributed by atoms with Crippen LogP contribution < -0.4 is 0 Å². The van der Waals surface area contributed by atoms with Gasteiger partial charge in [0.2, 0.25) is 0 Å². The molecule has 0 radical (unpaired) electrons. The summed E-state index contributed by atoms with van der Waals surface area (Å²) >= 11 is 5.92. The van der Waals surface area contributed by atoms with Crippen molar-refractivity contribution in [2.45, 2.75) is 38.6 Å². The Kier molecular flexibility index (Phi) is 4.69. The van der Waals surface area contributed by atoms with Crippen LogP contribution in [0, 0.1) is 0 Å². The summed E-state index contributed by atoms with van der Waals surface area (Å²) in [6, 6.07) is 5.51. The van der Waals surface area contributed by atoms with Gasteiger partial charge in [-0.05, 0) is 43.6 Å². The zero-order valence-electron chi connectivity index (χ0n) is 10.2. The summed E-state index contributed by atoms with van der Waals surface area (Å²) in [7, 11) is 0. The van der Waals surface area contributed by atoms with E-state index >= 15 is 0 Å². The minimum atomic E-state index is 0.170. The molecule has 1 saturated heterocycles. The van der Waals surface area contributed by atoms with Crippen molar-refractivity contribution in [1.82, 2.24) is 4.90 Å². The zero-order chi connectivity index (χ0) is 12.1. The molecular weight excluding hydrogens is 234 g/mol. The Hall–Kier alpha value is -0.730. The molecule has 17 heavy (non-hydrogen) atoms. The fraction of sp³-hybridized carbons (Fsp3) is 0.571.